The van der Waals surface area contributed by atoms with Gasteiger partial charge in [-0.05, 0) is 42.3 Å². The van der Waals surface area contributed by atoms with Gasteiger partial charge in [-0.1, -0.05) is 18.2 Å². The first-order chi connectivity index (χ1) is 18.8. The molecule has 0 spiro atoms. The van der Waals surface area contributed by atoms with Crippen LogP contribution in [-0.4, -0.2) is 71.7 Å². The SMILES string of the molecule is C=CCCC(=O)N(Cc1ccc(F)cc1)[C@@H]1C=C(C(=O)NCCO)[C@@H]2c3cc(C=O)cc(OC)c3O[C@@H]2[C@H]1O. The lowest BCUT2D eigenvalue weighted by Crippen LogP contribution is -2.55. The number of hydrogen-bond donors (Lipinski definition) is 3. The highest BCUT2D eigenvalue weighted by molar-refractivity contribution is 5.96. The van der Waals surface area contributed by atoms with Gasteiger partial charge in [0.15, 0.2) is 11.5 Å². The Hall–Kier alpha value is -4.02. The molecule has 0 saturated carbocycles. The maximum absolute atomic E-state index is 13.5. The van der Waals surface area contributed by atoms with Gasteiger partial charge < -0.3 is 29.9 Å². The molecule has 0 bridgehead atoms. The molecule has 4 atom stereocenters. The van der Waals surface area contributed by atoms with Crippen LogP contribution in [0.4, 0.5) is 4.39 Å². The number of hydrogen-bond acceptors (Lipinski definition) is 7. The van der Waals surface area contributed by atoms with Crippen molar-refractivity contribution < 1.29 is 38.5 Å². The van der Waals surface area contributed by atoms with Crippen molar-refractivity contribution in [3.63, 3.8) is 0 Å². The summed E-state index contributed by atoms with van der Waals surface area (Å²) in [7, 11) is 1.42. The summed E-state index contributed by atoms with van der Waals surface area (Å²) in [6, 6.07) is 7.78. The van der Waals surface area contributed by atoms with E-state index in [1.807, 2.05) is 0 Å². The number of halogens is 1. The summed E-state index contributed by atoms with van der Waals surface area (Å²) in [6.45, 7) is 3.42. The number of aliphatic hydroxyl groups is 2. The number of aliphatic hydroxyl groups excluding tert-OH is 2. The quantitative estimate of drug-likeness (QED) is 0.296. The molecule has 1 aliphatic carbocycles. The number of allylic oxidation sites excluding steroid dienone is 1. The summed E-state index contributed by atoms with van der Waals surface area (Å²) in [6.07, 6.45) is 2.05. The summed E-state index contributed by atoms with van der Waals surface area (Å²) in [5, 5.41) is 23.5. The number of amides is 2. The van der Waals surface area contributed by atoms with Gasteiger partial charge >= 0.3 is 0 Å². The maximum atomic E-state index is 13.5. The van der Waals surface area contributed by atoms with Gasteiger partial charge in [0, 0.05) is 36.2 Å². The smallest absolute Gasteiger partial charge is 0.247 e. The summed E-state index contributed by atoms with van der Waals surface area (Å²) in [5.41, 5.74) is 1.64. The summed E-state index contributed by atoms with van der Waals surface area (Å²) in [5.74, 6) is -1.44. The van der Waals surface area contributed by atoms with Crippen LogP contribution >= 0.6 is 0 Å². The van der Waals surface area contributed by atoms with Gasteiger partial charge in [-0.3, -0.25) is 14.4 Å². The fourth-order valence-electron chi connectivity index (χ4n) is 5.07. The molecule has 2 aromatic carbocycles. The first kappa shape index (κ1) is 28.0. The number of carbonyl (C=O) groups is 3. The molecule has 2 aliphatic rings. The average molecular weight is 539 g/mol. The highest BCUT2D eigenvalue weighted by Crippen LogP contribution is 2.51. The topological polar surface area (TPSA) is 125 Å². The Morgan fingerprint density at radius 1 is 1.26 bits per heavy atom. The Kier molecular flexibility index (Phi) is 8.78. The summed E-state index contributed by atoms with van der Waals surface area (Å²) >= 11 is 0. The zero-order valence-corrected chi connectivity index (χ0v) is 21.5. The average Bonchev–Trinajstić information content (AvgIpc) is 3.34. The molecule has 2 amide bonds. The van der Waals surface area contributed by atoms with Crippen LogP contribution in [0.5, 0.6) is 11.5 Å². The molecular weight excluding hydrogens is 507 g/mol. The zero-order valence-electron chi connectivity index (χ0n) is 21.5. The van der Waals surface area contributed by atoms with Gasteiger partial charge in [-0.15, -0.1) is 6.58 Å². The Morgan fingerprint density at radius 3 is 2.64 bits per heavy atom. The van der Waals surface area contributed by atoms with Gasteiger partial charge in [0.25, 0.3) is 0 Å². The van der Waals surface area contributed by atoms with Crippen LogP contribution in [0, 0.1) is 5.82 Å². The van der Waals surface area contributed by atoms with Crippen molar-refractivity contribution in [2.24, 2.45) is 0 Å². The van der Waals surface area contributed by atoms with Crippen LogP contribution < -0.4 is 14.8 Å². The van der Waals surface area contributed by atoms with Crippen LogP contribution in [0.2, 0.25) is 0 Å². The molecule has 0 radical (unpaired) electrons. The molecule has 39 heavy (non-hydrogen) atoms. The van der Waals surface area contributed by atoms with E-state index in [-0.39, 0.29) is 43.3 Å². The number of benzene rings is 2. The first-order valence-corrected chi connectivity index (χ1v) is 12.6. The van der Waals surface area contributed by atoms with Crippen molar-refractivity contribution in [3.05, 3.63) is 83.2 Å². The second-order valence-electron chi connectivity index (χ2n) is 9.38. The van der Waals surface area contributed by atoms with Crippen LogP contribution in [0.3, 0.4) is 0 Å². The molecule has 0 unspecified atom stereocenters. The fourth-order valence-corrected chi connectivity index (χ4v) is 5.07. The van der Waals surface area contributed by atoms with Crippen molar-refractivity contribution in [2.75, 3.05) is 20.3 Å². The molecule has 1 heterocycles. The largest absolute Gasteiger partial charge is 0.493 e. The third-order valence-corrected chi connectivity index (χ3v) is 6.92. The molecule has 206 valence electrons. The van der Waals surface area contributed by atoms with E-state index in [1.54, 1.807) is 24.3 Å². The van der Waals surface area contributed by atoms with Crippen molar-refractivity contribution in [1.82, 2.24) is 10.2 Å². The lowest BCUT2D eigenvalue weighted by molar-refractivity contribution is -0.138. The van der Waals surface area contributed by atoms with E-state index in [1.165, 1.54) is 36.3 Å². The molecular formula is C29H31FN2O7. The van der Waals surface area contributed by atoms with E-state index in [0.717, 1.165) is 0 Å². The number of ether oxygens (including phenoxy) is 2. The predicted octanol–water partition coefficient (Wildman–Crippen LogP) is 2.26. The number of rotatable bonds is 11. The second-order valence-corrected chi connectivity index (χ2v) is 9.38. The van der Waals surface area contributed by atoms with Crippen molar-refractivity contribution in [3.8, 4) is 11.5 Å². The second kappa shape index (κ2) is 12.2. The number of nitrogens with zero attached hydrogens (tertiary/aromatic N) is 1. The van der Waals surface area contributed by atoms with Gasteiger partial charge in [0.05, 0.1) is 25.7 Å². The van der Waals surface area contributed by atoms with Crippen LogP contribution in [0.25, 0.3) is 0 Å². The molecule has 1 aliphatic heterocycles. The minimum Gasteiger partial charge on any atom is -0.493 e. The molecule has 0 fully saturated rings. The van der Waals surface area contributed by atoms with Gasteiger partial charge in [-0.2, -0.15) is 0 Å². The van der Waals surface area contributed by atoms with Crippen LogP contribution in [0.1, 0.15) is 40.2 Å². The number of fused-ring (bicyclic) bond motifs is 3. The van der Waals surface area contributed by atoms with Crippen molar-refractivity contribution in [2.45, 2.75) is 43.6 Å². The fraction of sp³-hybridized carbons (Fsp3) is 0.345. The lowest BCUT2D eigenvalue weighted by atomic mass is 9.77. The van der Waals surface area contributed by atoms with E-state index in [2.05, 4.69) is 11.9 Å². The highest BCUT2D eigenvalue weighted by Gasteiger charge is 2.51. The van der Waals surface area contributed by atoms with Crippen LogP contribution in [0.15, 0.2) is 60.7 Å². The minimum absolute atomic E-state index is 0.0102. The van der Waals surface area contributed by atoms with Gasteiger partial charge in [-0.25, -0.2) is 4.39 Å². The highest BCUT2D eigenvalue weighted by atomic mass is 19.1. The monoisotopic (exact) mass is 538 g/mol. The maximum Gasteiger partial charge on any atom is 0.247 e. The molecule has 3 N–H and O–H groups in total. The summed E-state index contributed by atoms with van der Waals surface area (Å²) in [4.78, 5) is 39.8. The van der Waals surface area contributed by atoms with Crippen molar-refractivity contribution >= 4 is 18.1 Å². The Balaban J connectivity index is 1.81. The Morgan fingerprint density at radius 2 is 2.00 bits per heavy atom. The first-order valence-electron chi connectivity index (χ1n) is 12.6. The standard InChI is InChI=1S/C29H31FN2O7/c1-3-4-5-24(35)32(15-17-6-8-19(30)9-7-17)22-14-21(29(37)31-10-11-33)25-20-12-18(16-34)13-23(38-2)27(20)39-28(25)26(22)36/h3,6-9,12-14,16,22,25-26,28,33,36H,1,4-5,10-11,15H2,2H3,(H,31,37)/t22-,25+,26+,28+/m1/s1. The van der Waals surface area contributed by atoms with Crippen LogP contribution in [-0.2, 0) is 16.1 Å². The molecule has 4 rings (SSSR count). The van der Waals surface area contributed by atoms with E-state index < -0.39 is 35.9 Å². The molecule has 0 saturated heterocycles. The number of carbonyl (C=O) groups excluding carboxylic acids is 3. The number of aldehydes is 1. The zero-order chi connectivity index (χ0) is 28.1. The third-order valence-electron chi connectivity index (χ3n) is 6.92. The lowest BCUT2D eigenvalue weighted by Gasteiger charge is -2.40. The Labute approximate surface area is 225 Å². The van der Waals surface area contributed by atoms with E-state index >= 15 is 0 Å². The van der Waals surface area contributed by atoms with Crippen molar-refractivity contribution in [1.29, 1.82) is 0 Å². The predicted molar refractivity (Wildman–Crippen MR) is 140 cm³/mol. The van der Waals surface area contributed by atoms with Gasteiger partial charge in [0.1, 0.15) is 24.3 Å². The summed E-state index contributed by atoms with van der Waals surface area (Å²) < 4.78 is 25.1. The van der Waals surface area contributed by atoms with E-state index in [4.69, 9.17) is 9.47 Å². The minimum atomic E-state index is -1.27. The molecule has 10 heteroatoms. The Bertz CT molecular complexity index is 1280. The molecule has 0 aromatic heterocycles. The van der Waals surface area contributed by atoms with Gasteiger partial charge in [0.2, 0.25) is 11.8 Å². The van der Waals surface area contributed by atoms with E-state index in [0.29, 0.717) is 35.1 Å². The third kappa shape index (κ3) is 5.71. The molecule has 9 nitrogen and oxygen atoms in total. The normalized spacial score (nSPS) is 21.1. The number of methoxy groups -OCH3 is 1. The molecule has 2 aromatic rings. The van der Waals surface area contributed by atoms with E-state index in [9.17, 15) is 29.0 Å². The number of nitrogens with one attached hydrogen (secondary N) is 1.